The molecular formula is C38H39F6N7O4S. The molecule has 11 nitrogen and oxygen atoms in total. The van der Waals surface area contributed by atoms with E-state index in [0.717, 1.165) is 24.6 Å². The quantitative estimate of drug-likeness (QED) is 0.180. The molecule has 5 unspecified atom stereocenters. The first-order chi connectivity index (χ1) is 26.7. The maximum atomic E-state index is 17.4. The van der Waals surface area contributed by atoms with Gasteiger partial charge in [-0.3, -0.25) is 4.90 Å². The lowest BCUT2D eigenvalue weighted by atomic mass is 9.92. The van der Waals surface area contributed by atoms with E-state index < -0.39 is 64.3 Å². The topological polar surface area (TPSA) is 130 Å². The summed E-state index contributed by atoms with van der Waals surface area (Å²) in [6.07, 6.45) is -4.52. The molecule has 0 saturated carbocycles. The number of aromatic nitrogens is 2. The van der Waals surface area contributed by atoms with Gasteiger partial charge in [-0.15, -0.1) is 11.3 Å². The summed E-state index contributed by atoms with van der Waals surface area (Å²) >= 11 is 0.675. The maximum Gasteiger partial charge on any atom is 0.417 e. The van der Waals surface area contributed by atoms with Crippen molar-refractivity contribution in [2.24, 2.45) is 0 Å². The molecule has 5 atom stereocenters. The Hall–Kier alpha value is -4.60. The van der Waals surface area contributed by atoms with Crippen molar-refractivity contribution in [3.63, 3.8) is 0 Å². The number of nitrogen functional groups attached to an aromatic ring is 1. The van der Waals surface area contributed by atoms with Crippen LogP contribution in [-0.2, 0) is 15.7 Å². The molecule has 56 heavy (non-hydrogen) atoms. The highest BCUT2D eigenvalue weighted by atomic mass is 32.1. The van der Waals surface area contributed by atoms with E-state index in [-0.39, 0.29) is 88.8 Å². The van der Waals surface area contributed by atoms with Crippen LogP contribution in [-0.4, -0.2) is 102 Å². The smallest absolute Gasteiger partial charge is 0.417 e. The minimum Gasteiger partial charge on any atom is -0.461 e. The number of hydrogen-bond acceptors (Lipinski definition) is 11. The van der Waals surface area contributed by atoms with E-state index in [0.29, 0.717) is 43.8 Å². The molecule has 0 aliphatic carbocycles. The summed E-state index contributed by atoms with van der Waals surface area (Å²) in [5, 5.41) is 9.24. The second-order valence-electron chi connectivity index (χ2n) is 14.9. The molecule has 4 aromatic rings. The SMILES string of the molecule is CCN(c1nc(OCC23CCCN2CC(F)C3)nc2c(F)c(-c3ccc(F)c4sc(N)c(C#N)c34)c(C(F)(F)F)cc12)C1CCN(C(=O)OC2CCOC2)C1C. The number of likely N-dealkylation sites (N-methyl/N-ethyl adjacent to an activating group) is 1. The molecule has 1 amide bonds. The second-order valence-corrected chi connectivity index (χ2v) is 16.0. The van der Waals surface area contributed by atoms with E-state index in [1.807, 2.05) is 11.0 Å². The molecule has 6 heterocycles. The van der Waals surface area contributed by atoms with Crippen molar-refractivity contribution < 1.29 is 45.3 Å². The largest absolute Gasteiger partial charge is 0.461 e. The summed E-state index contributed by atoms with van der Waals surface area (Å²) in [6, 6.07) is 3.17. The van der Waals surface area contributed by atoms with Gasteiger partial charge in [-0.1, -0.05) is 6.07 Å². The second kappa shape index (κ2) is 14.4. The highest BCUT2D eigenvalue weighted by Crippen LogP contribution is 2.49. The standard InChI is InChI=1S/C38H39F6N7O4S/c1-3-50(27-7-11-51(19(27)2)36(52)55-21-8-12-53-17-21)34-23-13-25(38(42,43)44)29(22-5-6-26(40)32-28(22)24(15-45)33(46)56-32)30(41)31(23)47-35(48-34)54-18-37-9-4-10-49(37)16-20(39)14-37/h5-6,13,19-21,27H,3-4,7-12,14,16-18,46H2,1-2H3. The first-order valence-corrected chi connectivity index (χ1v) is 19.4. The average molecular weight is 804 g/mol. The fraction of sp³-hybridized carbons (Fsp3) is 0.526. The van der Waals surface area contributed by atoms with Gasteiger partial charge in [0, 0.05) is 48.8 Å². The third-order valence-electron chi connectivity index (χ3n) is 11.7. The summed E-state index contributed by atoms with van der Waals surface area (Å²) in [5.74, 6) is -2.29. The van der Waals surface area contributed by atoms with Gasteiger partial charge in [-0.2, -0.15) is 28.4 Å². The van der Waals surface area contributed by atoms with Crippen LogP contribution in [0.15, 0.2) is 18.2 Å². The number of halogens is 6. The third kappa shape index (κ3) is 6.41. The van der Waals surface area contributed by atoms with Gasteiger partial charge in [-0.25, -0.2) is 18.0 Å². The lowest BCUT2D eigenvalue weighted by Gasteiger charge is -2.35. The van der Waals surface area contributed by atoms with E-state index in [1.165, 1.54) is 0 Å². The third-order valence-corrected chi connectivity index (χ3v) is 12.8. The molecule has 4 aliphatic rings. The summed E-state index contributed by atoms with van der Waals surface area (Å²) in [5.41, 5.74) is 1.82. The predicted octanol–water partition coefficient (Wildman–Crippen LogP) is 7.43. The molecular weight excluding hydrogens is 765 g/mol. The van der Waals surface area contributed by atoms with Crippen molar-refractivity contribution in [2.75, 3.05) is 56.6 Å². The van der Waals surface area contributed by atoms with Crippen molar-refractivity contribution >= 4 is 49.2 Å². The van der Waals surface area contributed by atoms with E-state index in [1.54, 1.807) is 23.6 Å². The summed E-state index contributed by atoms with van der Waals surface area (Å²) < 4.78 is 110. The first-order valence-electron chi connectivity index (χ1n) is 18.6. The Labute approximate surface area is 321 Å². The number of carbonyl (C=O) groups excluding carboxylic acids is 1. The molecule has 0 spiro atoms. The Balaban J connectivity index is 1.29. The molecule has 4 saturated heterocycles. The van der Waals surface area contributed by atoms with Crippen LogP contribution >= 0.6 is 11.3 Å². The molecule has 2 aromatic carbocycles. The van der Waals surface area contributed by atoms with Crippen molar-refractivity contribution in [1.29, 1.82) is 5.26 Å². The first kappa shape index (κ1) is 38.3. The Morgan fingerprint density at radius 1 is 1.23 bits per heavy atom. The van der Waals surface area contributed by atoms with Gasteiger partial charge < -0.3 is 29.7 Å². The molecule has 8 rings (SSSR count). The average Bonchev–Trinajstić information content (AvgIpc) is 3.98. The molecule has 2 aromatic heterocycles. The Kier molecular flexibility index (Phi) is 9.85. The Morgan fingerprint density at radius 2 is 2.04 bits per heavy atom. The highest BCUT2D eigenvalue weighted by molar-refractivity contribution is 7.23. The van der Waals surface area contributed by atoms with Crippen molar-refractivity contribution in [1.82, 2.24) is 19.8 Å². The number of nitrogens with two attached hydrogens (primary N) is 1. The van der Waals surface area contributed by atoms with Gasteiger partial charge in [0.25, 0.3) is 0 Å². The van der Waals surface area contributed by atoms with E-state index in [9.17, 15) is 14.4 Å². The number of carbonyl (C=O) groups is 1. The van der Waals surface area contributed by atoms with Crippen LogP contribution in [0.4, 0.5) is 42.0 Å². The van der Waals surface area contributed by atoms with E-state index in [2.05, 4.69) is 9.97 Å². The number of benzene rings is 2. The van der Waals surface area contributed by atoms with Crippen LogP contribution in [0.25, 0.3) is 32.1 Å². The lowest BCUT2D eigenvalue weighted by molar-refractivity contribution is -0.137. The number of thiophene rings is 1. The van der Waals surface area contributed by atoms with E-state index in [4.69, 9.17) is 19.9 Å². The summed E-state index contributed by atoms with van der Waals surface area (Å²) in [6.45, 7) is 5.67. The van der Waals surface area contributed by atoms with Gasteiger partial charge in [0.1, 0.15) is 47.1 Å². The highest BCUT2D eigenvalue weighted by Gasteiger charge is 2.50. The maximum absolute atomic E-state index is 17.4. The number of amides is 1. The number of ether oxygens (including phenoxy) is 3. The van der Waals surface area contributed by atoms with Crippen LogP contribution < -0.4 is 15.4 Å². The number of anilines is 2. The Bertz CT molecular complexity index is 2240. The number of nitriles is 1. The number of alkyl halides is 4. The van der Waals surface area contributed by atoms with Crippen molar-refractivity contribution in [3.8, 4) is 23.2 Å². The zero-order chi connectivity index (χ0) is 39.7. The normalized spacial score (nSPS) is 25.3. The number of nitrogens with zero attached hydrogens (tertiary/aromatic N) is 6. The zero-order valence-electron chi connectivity index (χ0n) is 30.6. The molecule has 0 bridgehead atoms. The van der Waals surface area contributed by atoms with Gasteiger partial charge in [-0.05, 0) is 57.4 Å². The zero-order valence-corrected chi connectivity index (χ0v) is 31.4. The van der Waals surface area contributed by atoms with Gasteiger partial charge in [0.2, 0.25) is 0 Å². The molecule has 18 heteroatoms. The summed E-state index contributed by atoms with van der Waals surface area (Å²) in [4.78, 5) is 27.5. The fourth-order valence-corrected chi connectivity index (χ4v) is 10.0. The summed E-state index contributed by atoms with van der Waals surface area (Å²) in [7, 11) is 0. The molecule has 4 aliphatic heterocycles. The minimum atomic E-state index is -5.15. The van der Waals surface area contributed by atoms with Crippen LogP contribution in [0.5, 0.6) is 6.01 Å². The van der Waals surface area contributed by atoms with Crippen LogP contribution in [0.1, 0.15) is 57.1 Å². The van der Waals surface area contributed by atoms with Crippen molar-refractivity contribution in [3.05, 3.63) is 41.0 Å². The van der Waals surface area contributed by atoms with Crippen LogP contribution in [0, 0.1) is 23.0 Å². The molecule has 298 valence electrons. The van der Waals surface area contributed by atoms with Crippen molar-refractivity contribution in [2.45, 2.75) is 82.0 Å². The number of likely N-dealkylation sites (tertiary alicyclic amines) is 1. The van der Waals surface area contributed by atoms with Gasteiger partial charge in [0.05, 0.1) is 46.7 Å². The minimum absolute atomic E-state index is 0.0395. The Morgan fingerprint density at radius 3 is 2.75 bits per heavy atom. The predicted molar refractivity (Wildman–Crippen MR) is 196 cm³/mol. The van der Waals surface area contributed by atoms with E-state index >= 15 is 22.0 Å². The number of hydrogen-bond donors (Lipinski definition) is 1. The molecule has 0 radical (unpaired) electrons. The van der Waals surface area contributed by atoms with Gasteiger partial charge >= 0.3 is 18.3 Å². The lowest BCUT2D eigenvalue weighted by Crippen LogP contribution is -2.46. The fourth-order valence-electron chi connectivity index (χ4n) is 9.07. The molecule has 2 N–H and O–H groups in total. The van der Waals surface area contributed by atoms with Crippen LogP contribution in [0.3, 0.4) is 0 Å². The van der Waals surface area contributed by atoms with Crippen LogP contribution in [0.2, 0.25) is 0 Å². The number of fused-ring (bicyclic) bond motifs is 3. The van der Waals surface area contributed by atoms with Gasteiger partial charge in [0.15, 0.2) is 5.82 Å². The number of rotatable bonds is 8. The monoisotopic (exact) mass is 803 g/mol. The molecule has 4 fully saturated rings.